The van der Waals surface area contributed by atoms with Crippen molar-refractivity contribution in [2.75, 3.05) is 39.3 Å². The molecule has 1 amide bonds. The van der Waals surface area contributed by atoms with Gasteiger partial charge in [-0.15, -0.1) is 11.8 Å². The van der Waals surface area contributed by atoms with E-state index in [1.54, 1.807) is 4.90 Å². The molecule has 2 atom stereocenters. The van der Waals surface area contributed by atoms with Crippen molar-refractivity contribution < 1.29 is 15.0 Å². The molecule has 3 rings (SSSR count). The minimum atomic E-state index is 0.131. The highest BCUT2D eigenvalue weighted by molar-refractivity contribution is 8.01. The van der Waals surface area contributed by atoms with Gasteiger partial charge in [0, 0.05) is 0 Å². The molecule has 0 bridgehead atoms. The first-order valence-electron chi connectivity index (χ1n) is 8.86. The molecule has 2 fully saturated rings. The van der Waals surface area contributed by atoms with E-state index in [0.717, 1.165) is 19.5 Å². The molecule has 126 valence electrons. The van der Waals surface area contributed by atoms with Crippen LogP contribution in [-0.4, -0.2) is 55.3 Å². The molecule has 5 heteroatoms. The van der Waals surface area contributed by atoms with E-state index in [-0.39, 0.29) is 10.6 Å². The number of hydrogen-bond acceptors (Lipinski definition) is 2. The van der Waals surface area contributed by atoms with Crippen molar-refractivity contribution in [3.8, 4) is 0 Å². The van der Waals surface area contributed by atoms with E-state index in [1.165, 1.54) is 37.3 Å². The Morgan fingerprint density at radius 1 is 1.26 bits per heavy atom. The van der Waals surface area contributed by atoms with Crippen LogP contribution in [0.1, 0.15) is 29.8 Å². The van der Waals surface area contributed by atoms with E-state index in [0.29, 0.717) is 5.91 Å². The summed E-state index contributed by atoms with van der Waals surface area (Å²) in [6, 6.07) is 8.69. The molecule has 0 spiro atoms. The van der Waals surface area contributed by atoms with Gasteiger partial charge in [0.25, 0.3) is 0 Å². The number of amides is 1. The third kappa shape index (κ3) is 3.90. The van der Waals surface area contributed by atoms with Gasteiger partial charge in [-0.2, -0.15) is 0 Å². The minimum absolute atomic E-state index is 0.131. The summed E-state index contributed by atoms with van der Waals surface area (Å²) in [4.78, 5) is 16.5. The van der Waals surface area contributed by atoms with Crippen molar-refractivity contribution in [2.45, 2.75) is 30.9 Å². The molecule has 2 aliphatic heterocycles. The maximum Gasteiger partial charge on any atom is 0.237 e. The Labute approximate surface area is 143 Å². The van der Waals surface area contributed by atoms with E-state index in [9.17, 15) is 4.79 Å². The number of nitrogens with zero attached hydrogens (tertiary/aromatic N) is 1. The molecule has 0 radical (unpaired) electrons. The maximum absolute atomic E-state index is 12.7. The zero-order valence-electron chi connectivity index (χ0n) is 14.3. The van der Waals surface area contributed by atoms with Gasteiger partial charge in [-0.25, -0.2) is 0 Å². The lowest BCUT2D eigenvalue weighted by molar-refractivity contribution is -0.946. The summed E-state index contributed by atoms with van der Waals surface area (Å²) in [7, 11) is 0. The average molecular weight is 336 g/mol. The molecule has 2 saturated heterocycles. The first-order chi connectivity index (χ1) is 11.2. The summed E-state index contributed by atoms with van der Waals surface area (Å²) in [5, 5.41) is 2.72. The van der Waals surface area contributed by atoms with Crippen molar-refractivity contribution in [3.63, 3.8) is 0 Å². The SMILES string of the molecule is CC[C@@H]1S[C@@H](c2ccc(C)cc2)N(CC[NH+]2CC[NH2+]CC2)C1=O. The van der Waals surface area contributed by atoms with Crippen LogP contribution in [0.25, 0.3) is 0 Å². The van der Waals surface area contributed by atoms with E-state index in [4.69, 9.17) is 0 Å². The minimum Gasteiger partial charge on any atom is -0.337 e. The number of quaternary nitrogens is 2. The van der Waals surface area contributed by atoms with Crippen molar-refractivity contribution in [1.82, 2.24) is 4.90 Å². The van der Waals surface area contributed by atoms with Gasteiger partial charge >= 0.3 is 0 Å². The number of piperazine rings is 1. The molecule has 0 saturated carbocycles. The highest BCUT2D eigenvalue weighted by atomic mass is 32.2. The average Bonchev–Trinajstić information content (AvgIpc) is 2.90. The van der Waals surface area contributed by atoms with Crippen LogP contribution in [0.2, 0.25) is 0 Å². The Hall–Kier alpha value is -1.04. The maximum atomic E-state index is 12.7. The molecular weight excluding hydrogens is 306 g/mol. The van der Waals surface area contributed by atoms with E-state index >= 15 is 0 Å². The first kappa shape index (κ1) is 16.8. The van der Waals surface area contributed by atoms with Crippen molar-refractivity contribution in [2.24, 2.45) is 0 Å². The summed E-state index contributed by atoms with van der Waals surface area (Å²) < 4.78 is 0. The second-order valence-corrected chi connectivity index (χ2v) is 7.98. The molecule has 23 heavy (non-hydrogen) atoms. The second kappa shape index (κ2) is 7.69. The van der Waals surface area contributed by atoms with Crippen LogP contribution in [0.3, 0.4) is 0 Å². The first-order valence-corrected chi connectivity index (χ1v) is 9.81. The number of nitrogens with two attached hydrogens (primary N) is 1. The number of carbonyl (C=O) groups is 1. The molecule has 1 aromatic rings. The number of aryl methyl sites for hydroxylation is 1. The fourth-order valence-electron chi connectivity index (χ4n) is 3.49. The summed E-state index contributed by atoms with van der Waals surface area (Å²) in [5.41, 5.74) is 2.54. The molecular formula is C18H29N3OS+2. The molecule has 0 aliphatic carbocycles. The van der Waals surface area contributed by atoms with Gasteiger partial charge in [0.15, 0.2) is 0 Å². The second-order valence-electron chi connectivity index (χ2n) is 6.69. The fraction of sp³-hybridized carbons (Fsp3) is 0.611. The van der Waals surface area contributed by atoms with E-state index in [1.807, 2.05) is 11.8 Å². The van der Waals surface area contributed by atoms with Crippen LogP contribution in [0.4, 0.5) is 0 Å². The molecule has 0 aromatic heterocycles. The topological polar surface area (TPSA) is 41.4 Å². The van der Waals surface area contributed by atoms with Crippen molar-refractivity contribution in [1.29, 1.82) is 0 Å². The third-order valence-electron chi connectivity index (χ3n) is 4.98. The summed E-state index contributed by atoms with van der Waals surface area (Å²) >= 11 is 1.83. The predicted molar refractivity (Wildman–Crippen MR) is 94.5 cm³/mol. The molecule has 4 nitrogen and oxygen atoms in total. The summed E-state index contributed by atoms with van der Waals surface area (Å²) in [5.74, 6) is 0.339. The predicted octanol–water partition coefficient (Wildman–Crippen LogP) is -0.190. The number of nitrogens with one attached hydrogen (secondary N) is 1. The number of hydrogen-bond donors (Lipinski definition) is 2. The zero-order valence-corrected chi connectivity index (χ0v) is 15.1. The van der Waals surface area contributed by atoms with Crippen molar-refractivity contribution >= 4 is 17.7 Å². The zero-order chi connectivity index (χ0) is 16.2. The fourth-order valence-corrected chi connectivity index (χ4v) is 4.91. The summed E-state index contributed by atoms with van der Waals surface area (Å²) in [6.07, 6.45) is 0.924. The van der Waals surface area contributed by atoms with Gasteiger partial charge in [0.1, 0.15) is 31.6 Å². The monoisotopic (exact) mass is 335 g/mol. The number of thioether (sulfide) groups is 1. The van der Waals surface area contributed by atoms with Gasteiger partial charge < -0.3 is 15.1 Å². The van der Waals surface area contributed by atoms with E-state index in [2.05, 4.69) is 48.3 Å². The molecule has 3 N–H and O–H groups in total. The molecule has 1 aromatic carbocycles. The van der Waals surface area contributed by atoms with Gasteiger partial charge in [-0.1, -0.05) is 36.8 Å². The van der Waals surface area contributed by atoms with Gasteiger partial charge in [0.2, 0.25) is 5.91 Å². The Morgan fingerprint density at radius 3 is 2.61 bits per heavy atom. The molecule has 2 aliphatic rings. The molecule has 2 heterocycles. The third-order valence-corrected chi connectivity index (χ3v) is 6.63. The lowest BCUT2D eigenvalue weighted by Crippen LogP contribution is -3.20. The van der Waals surface area contributed by atoms with Crippen LogP contribution in [0.15, 0.2) is 24.3 Å². The Balaban J connectivity index is 1.70. The van der Waals surface area contributed by atoms with E-state index < -0.39 is 0 Å². The highest BCUT2D eigenvalue weighted by Gasteiger charge is 2.40. The molecule has 0 unspecified atom stereocenters. The number of carbonyl (C=O) groups excluding carboxylic acids is 1. The van der Waals surface area contributed by atoms with Crippen LogP contribution in [-0.2, 0) is 4.79 Å². The smallest absolute Gasteiger partial charge is 0.237 e. The number of rotatable bonds is 5. The Kier molecular flexibility index (Phi) is 5.62. The quantitative estimate of drug-likeness (QED) is 0.783. The van der Waals surface area contributed by atoms with Crippen LogP contribution in [0, 0.1) is 6.92 Å². The van der Waals surface area contributed by atoms with Crippen LogP contribution >= 0.6 is 11.8 Å². The largest absolute Gasteiger partial charge is 0.337 e. The van der Waals surface area contributed by atoms with Gasteiger partial charge in [-0.3, -0.25) is 4.79 Å². The van der Waals surface area contributed by atoms with Crippen LogP contribution in [0.5, 0.6) is 0 Å². The number of benzene rings is 1. The summed E-state index contributed by atoms with van der Waals surface area (Å²) in [6.45, 7) is 11.1. The Morgan fingerprint density at radius 2 is 1.96 bits per heavy atom. The lowest BCUT2D eigenvalue weighted by Gasteiger charge is -2.28. The van der Waals surface area contributed by atoms with Crippen molar-refractivity contribution in [3.05, 3.63) is 35.4 Å². The highest BCUT2D eigenvalue weighted by Crippen LogP contribution is 2.43. The van der Waals surface area contributed by atoms with Gasteiger partial charge in [0.05, 0.1) is 18.3 Å². The standard InChI is InChI=1S/C18H27N3OS/c1-3-16-17(22)21(13-12-20-10-8-19-9-11-20)18(23-16)15-6-4-14(2)5-7-15/h4-7,16,18-19H,3,8-13H2,1-2H3/p+2/t16-,18-/m0/s1. The lowest BCUT2D eigenvalue weighted by atomic mass is 10.1. The normalized spacial score (nSPS) is 26.0. The van der Waals surface area contributed by atoms with Gasteiger partial charge in [-0.05, 0) is 18.9 Å². The van der Waals surface area contributed by atoms with Crippen LogP contribution < -0.4 is 10.2 Å². The Bertz CT molecular complexity index is 528.